The fraction of sp³-hybridized carbons (Fsp3) is 0.927. The third-order valence-corrected chi connectivity index (χ3v) is 8.50. The van der Waals surface area contributed by atoms with Gasteiger partial charge in [0.05, 0.1) is 158 Å². The van der Waals surface area contributed by atoms with E-state index in [-0.39, 0.29) is 41.8 Å². The third-order valence-electron chi connectivity index (χ3n) is 8.50. The Hall–Kier alpha value is -2.36. The van der Waals surface area contributed by atoms with Crippen molar-refractivity contribution >= 4 is 17.5 Å². The number of amides is 1. The second kappa shape index (κ2) is 43.3. The van der Waals surface area contributed by atoms with E-state index in [1.54, 1.807) is 11.8 Å². The van der Waals surface area contributed by atoms with Crippen LogP contribution in [0.2, 0.25) is 0 Å². The molecule has 19 heteroatoms. The van der Waals surface area contributed by atoms with E-state index in [9.17, 15) is 14.4 Å². The second-order valence-corrected chi connectivity index (χ2v) is 14.5. The Bertz CT molecular complexity index is 1060. The molecule has 0 heterocycles. The highest BCUT2D eigenvalue weighted by molar-refractivity contribution is 5.83. The Kier molecular flexibility index (Phi) is 41.6. The van der Waals surface area contributed by atoms with Crippen LogP contribution in [0, 0.1) is 11.3 Å². The number of ketones is 2. The molecule has 352 valence electrons. The zero-order valence-corrected chi connectivity index (χ0v) is 37.4. The molecule has 0 aliphatic heterocycles. The summed E-state index contributed by atoms with van der Waals surface area (Å²) in [6.45, 7) is 20.1. The molecule has 0 aromatic carbocycles. The van der Waals surface area contributed by atoms with Gasteiger partial charge in [-0.2, -0.15) is 0 Å². The summed E-state index contributed by atoms with van der Waals surface area (Å²) < 4.78 is 66.4. The molecule has 0 saturated carbocycles. The molecule has 0 aliphatic rings. The molecule has 60 heavy (non-hydrogen) atoms. The molecule has 0 rings (SSSR count). The minimum absolute atomic E-state index is 0.0701. The van der Waals surface area contributed by atoms with Crippen molar-refractivity contribution in [2.24, 2.45) is 16.4 Å². The summed E-state index contributed by atoms with van der Waals surface area (Å²) in [4.78, 5) is 40.6. The molecule has 19 nitrogen and oxygen atoms in total. The largest absolute Gasteiger partial charge is 0.379 e. The topological polar surface area (TPSA) is 214 Å². The van der Waals surface area contributed by atoms with Gasteiger partial charge in [0.1, 0.15) is 11.6 Å². The Labute approximate surface area is 358 Å². The first-order valence-corrected chi connectivity index (χ1v) is 21.3. The van der Waals surface area contributed by atoms with Crippen molar-refractivity contribution in [3.8, 4) is 0 Å². The molecule has 0 saturated heterocycles. The van der Waals surface area contributed by atoms with E-state index in [1.807, 2.05) is 27.7 Å². The summed E-state index contributed by atoms with van der Waals surface area (Å²) in [5, 5.41) is 3.39. The van der Waals surface area contributed by atoms with Gasteiger partial charge in [-0.1, -0.05) is 32.8 Å². The Morgan fingerprint density at radius 2 is 0.850 bits per heavy atom. The van der Waals surface area contributed by atoms with Gasteiger partial charge in [0.25, 0.3) is 0 Å². The van der Waals surface area contributed by atoms with E-state index in [0.717, 1.165) is 12.8 Å². The lowest BCUT2D eigenvalue weighted by molar-refractivity contribution is -0.134. The van der Waals surface area contributed by atoms with Crippen molar-refractivity contribution in [3.05, 3.63) is 10.4 Å². The number of hydrogen-bond donors (Lipinski definition) is 0. The number of carbonyl (C=O) groups is 3. The normalized spacial score (nSPS) is 12.1. The highest BCUT2D eigenvalue weighted by Gasteiger charge is 2.20. The average Bonchev–Trinajstić information content (AvgIpc) is 3.22. The van der Waals surface area contributed by atoms with Crippen molar-refractivity contribution < 1.29 is 71.2 Å². The van der Waals surface area contributed by atoms with Gasteiger partial charge < -0.3 is 61.7 Å². The fourth-order valence-electron chi connectivity index (χ4n) is 4.70. The van der Waals surface area contributed by atoms with Crippen LogP contribution in [0.4, 0.5) is 0 Å². The number of rotatable bonds is 47. The number of ether oxygens (including phenoxy) is 12. The monoisotopic (exact) mass is 867 g/mol. The number of hydrogen-bond acceptors (Lipinski definition) is 16. The predicted octanol–water partition coefficient (Wildman–Crippen LogP) is 3.73. The van der Waals surface area contributed by atoms with Crippen molar-refractivity contribution in [2.75, 3.05) is 178 Å². The van der Waals surface area contributed by atoms with Crippen molar-refractivity contribution in [2.45, 2.75) is 60.3 Å². The van der Waals surface area contributed by atoms with Crippen LogP contribution in [0.1, 0.15) is 60.3 Å². The third kappa shape index (κ3) is 41.0. The van der Waals surface area contributed by atoms with Crippen LogP contribution in [0.5, 0.6) is 0 Å². The summed E-state index contributed by atoms with van der Waals surface area (Å²) in [6, 6.07) is 0. The quantitative estimate of drug-likeness (QED) is 0.0369. The molecule has 0 N–H and O–H groups in total. The number of nitrogens with zero attached hydrogens (tertiary/aromatic N) is 4. The minimum Gasteiger partial charge on any atom is -0.379 e. The minimum atomic E-state index is -0.350. The Morgan fingerprint density at radius 3 is 1.22 bits per heavy atom. The Balaban J connectivity index is 4.17. The van der Waals surface area contributed by atoms with Crippen LogP contribution in [0.3, 0.4) is 0 Å². The first kappa shape index (κ1) is 57.6. The van der Waals surface area contributed by atoms with Gasteiger partial charge in [0.15, 0.2) is 0 Å². The maximum Gasteiger partial charge on any atom is 0.225 e. The highest BCUT2D eigenvalue weighted by atomic mass is 16.6. The predicted molar refractivity (Wildman–Crippen MR) is 223 cm³/mol. The smallest absolute Gasteiger partial charge is 0.225 e. The van der Waals surface area contributed by atoms with Gasteiger partial charge in [-0.15, -0.1) is 0 Å². The van der Waals surface area contributed by atoms with Crippen LogP contribution in [0.25, 0.3) is 10.4 Å². The average molecular weight is 867 g/mol. The molecular weight excluding hydrogens is 788 g/mol. The van der Waals surface area contributed by atoms with E-state index in [2.05, 4.69) is 10.0 Å². The van der Waals surface area contributed by atoms with Crippen LogP contribution >= 0.6 is 0 Å². The molecule has 0 spiro atoms. The molecule has 0 aliphatic carbocycles. The molecule has 0 aromatic rings. The number of Topliss-reactive ketones (excluding diaryl/α,β-unsaturated/α-hetero) is 2. The van der Waals surface area contributed by atoms with Crippen LogP contribution < -0.4 is 0 Å². The molecule has 0 aromatic heterocycles. The Morgan fingerprint density at radius 1 is 0.517 bits per heavy atom. The lowest BCUT2D eigenvalue weighted by atomic mass is 9.89. The van der Waals surface area contributed by atoms with Gasteiger partial charge >= 0.3 is 0 Å². The SMILES string of the molecule is CC(=O)C(C)CCCOCCOCCOCCOCCN(CCOCCOCCOCCOCCC(=O)C(C)(C)C)C(=O)CCOCCOCCOCCOCCN=[N+]=[N-]. The van der Waals surface area contributed by atoms with Crippen LogP contribution in [0.15, 0.2) is 5.11 Å². The van der Waals surface area contributed by atoms with Crippen molar-refractivity contribution in [1.82, 2.24) is 4.90 Å². The molecule has 1 amide bonds. The molecule has 0 fully saturated rings. The summed E-state index contributed by atoms with van der Waals surface area (Å²) in [6.07, 6.45) is 2.29. The first-order valence-electron chi connectivity index (χ1n) is 21.3. The lowest BCUT2D eigenvalue weighted by Gasteiger charge is -2.23. The molecule has 0 radical (unpaired) electrons. The van der Waals surface area contributed by atoms with Gasteiger partial charge in [-0.05, 0) is 25.3 Å². The fourth-order valence-corrected chi connectivity index (χ4v) is 4.70. The molecule has 1 atom stereocenters. The van der Waals surface area contributed by atoms with Gasteiger partial charge in [0, 0.05) is 48.9 Å². The van der Waals surface area contributed by atoms with Crippen molar-refractivity contribution in [1.29, 1.82) is 0 Å². The first-order chi connectivity index (χ1) is 29.1. The van der Waals surface area contributed by atoms with Crippen LogP contribution in [-0.4, -0.2) is 201 Å². The maximum absolute atomic E-state index is 13.0. The summed E-state index contributed by atoms with van der Waals surface area (Å²) in [5.41, 5.74) is 7.87. The maximum atomic E-state index is 13.0. The summed E-state index contributed by atoms with van der Waals surface area (Å²) in [5.74, 6) is 0.389. The summed E-state index contributed by atoms with van der Waals surface area (Å²) >= 11 is 0. The van der Waals surface area contributed by atoms with E-state index < -0.39 is 0 Å². The van der Waals surface area contributed by atoms with E-state index >= 15 is 0 Å². The van der Waals surface area contributed by atoms with Crippen molar-refractivity contribution in [3.63, 3.8) is 0 Å². The van der Waals surface area contributed by atoms with Gasteiger partial charge in [-0.25, -0.2) is 0 Å². The highest BCUT2D eigenvalue weighted by Crippen LogP contribution is 2.16. The van der Waals surface area contributed by atoms with Gasteiger partial charge in [0.2, 0.25) is 5.91 Å². The van der Waals surface area contributed by atoms with E-state index in [0.29, 0.717) is 178 Å². The van der Waals surface area contributed by atoms with E-state index in [1.165, 1.54) is 0 Å². The summed E-state index contributed by atoms with van der Waals surface area (Å²) in [7, 11) is 0. The zero-order chi connectivity index (χ0) is 44.2. The van der Waals surface area contributed by atoms with E-state index in [4.69, 9.17) is 62.4 Å². The zero-order valence-electron chi connectivity index (χ0n) is 37.4. The number of carbonyl (C=O) groups excluding carboxylic acids is 3. The van der Waals surface area contributed by atoms with Crippen LogP contribution in [-0.2, 0) is 71.2 Å². The lowest BCUT2D eigenvalue weighted by Crippen LogP contribution is -2.37. The van der Waals surface area contributed by atoms with Gasteiger partial charge in [-0.3, -0.25) is 14.4 Å². The molecule has 1 unspecified atom stereocenters. The molecular formula is C41H78N4O15. The molecule has 0 bridgehead atoms. The second-order valence-electron chi connectivity index (χ2n) is 14.5. The standard InChI is InChI=1S/C41H78N4O15/c1-37(38(2)46)7-6-13-49-19-25-55-31-35-59-29-23-53-17-11-45(40(48)9-15-51-21-27-57-32-34-58-28-22-52-16-10-43-44-42)12-18-54-24-30-60-36-33-56-26-20-50-14-8-39(47)41(3,4)5/h37H,6-36H2,1-5H3. The number of azide groups is 1.